The molecule has 0 saturated heterocycles. The maximum Gasteiger partial charge on any atom is 0.134 e. The lowest BCUT2D eigenvalue weighted by Gasteiger charge is -2.23. The van der Waals surface area contributed by atoms with Crippen molar-refractivity contribution in [1.29, 1.82) is 0 Å². The highest BCUT2D eigenvalue weighted by atomic mass is 16.5. The van der Waals surface area contributed by atoms with E-state index >= 15 is 0 Å². The quantitative estimate of drug-likeness (QED) is 0.656. The van der Waals surface area contributed by atoms with Gasteiger partial charge in [0.2, 0.25) is 0 Å². The van der Waals surface area contributed by atoms with Gasteiger partial charge in [-0.15, -0.1) is 0 Å². The summed E-state index contributed by atoms with van der Waals surface area (Å²) in [6.07, 6.45) is 6.10. The highest BCUT2D eigenvalue weighted by Crippen LogP contribution is 2.25. The Hall–Kier alpha value is -2.66. The number of benzene rings is 1. The molecule has 0 amide bonds. The van der Waals surface area contributed by atoms with Gasteiger partial charge in [0, 0.05) is 36.6 Å². The molecule has 0 fully saturated rings. The zero-order valence-electron chi connectivity index (χ0n) is 14.8. The van der Waals surface area contributed by atoms with Crippen LogP contribution in [-0.2, 0) is 13.0 Å². The van der Waals surface area contributed by atoms with Crippen LogP contribution in [0.25, 0.3) is 11.3 Å². The van der Waals surface area contributed by atoms with Crippen molar-refractivity contribution in [3.05, 3.63) is 66.4 Å². The monoisotopic (exact) mass is 337 g/mol. The summed E-state index contributed by atoms with van der Waals surface area (Å²) in [4.78, 5) is 10.7. The summed E-state index contributed by atoms with van der Waals surface area (Å²) in [7, 11) is 3.76. The molecule has 2 aromatic heterocycles. The third-order valence-electron chi connectivity index (χ3n) is 4.32. The van der Waals surface area contributed by atoms with Crippen LogP contribution in [0.5, 0.6) is 5.75 Å². The van der Waals surface area contributed by atoms with Crippen molar-refractivity contribution in [2.75, 3.05) is 14.2 Å². The van der Waals surface area contributed by atoms with E-state index in [1.165, 1.54) is 0 Å². The molecule has 1 aromatic carbocycles. The van der Waals surface area contributed by atoms with Crippen molar-refractivity contribution in [3.8, 4) is 17.1 Å². The number of hydrogen-bond acceptors (Lipinski definition) is 5. The fraction of sp³-hybridized carbons (Fsp3) is 0.300. The van der Waals surface area contributed by atoms with Crippen LogP contribution in [0.1, 0.15) is 18.4 Å². The van der Waals surface area contributed by atoms with E-state index in [1.807, 2.05) is 42.6 Å². The lowest BCUT2D eigenvalue weighted by atomic mass is 10.1. The summed E-state index contributed by atoms with van der Waals surface area (Å²) >= 11 is 0. The van der Waals surface area contributed by atoms with Gasteiger partial charge in [-0.3, -0.25) is 14.9 Å². The van der Waals surface area contributed by atoms with Crippen molar-refractivity contribution in [2.45, 2.75) is 25.9 Å². The molecule has 0 saturated carbocycles. The van der Waals surface area contributed by atoms with E-state index in [4.69, 9.17) is 9.15 Å². The van der Waals surface area contributed by atoms with Crippen LogP contribution in [0.4, 0.5) is 0 Å². The molecule has 0 radical (unpaired) electrons. The lowest BCUT2D eigenvalue weighted by molar-refractivity contribution is 0.228. The Bertz CT molecular complexity index is 784. The number of hydrogen-bond donors (Lipinski definition) is 0. The van der Waals surface area contributed by atoms with Crippen LogP contribution in [0.3, 0.4) is 0 Å². The summed E-state index contributed by atoms with van der Waals surface area (Å²) in [5.74, 6) is 2.65. The first-order valence-corrected chi connectivity index (χ1v) is 8.34. The van der Waals surface area contributed by atoms with Gasteiger partial charge in [0.25, 0.3) is 0 Å². The Kier molecular flexibility index (Phi) is 5.46. The smallest absolute Gasteiger partial charge is 0.134 e. The second kappa shape index (κ2) is 7.94. The van der Waals surface area contributed by atoms with E-state index in [2.05, 4.69) is 28.8 Å². The number of methoxy groups -OCH3 is 1. The second-order valence-electron chi connectivity index (χ2n) is 6.16. The van der Waals surface area contributed by atoms with E-state index in [9.17, 15) is 0 Å². The summed E-state index contributed by atoms with van der Waals surface area (Å²) < 4.78 is 11.2. The average molecular weight is 337 g/mol. The molecule has 2 heterocycles. The van der Waals surface area contributed by atoms with Gasteiger partial charge in [0.15, 0.2) is 0 Å². The van der Waals surface area contributed by atoms with Crippen molar-refractivity contribution in [1.82, 2.24) is 14.9 Å². The standard InChI is InChI=1S/C20H23N3O2/c1-15(12-17-13-21-10-11-22-17)23(2)14-19-8-9-20(25-19)16-4-6-18(24-3)7-5-16/h4-11,13,15H,12,14H2,1-3H3. The predicted octanol–water partition coefficient (Wildman–Crippen LogP) is 3.81. The molecule has 0 aliphatic heterocycles. The van der Waals surface area contributed by atoms with Crippen LogP contribution in [0, 0.1) is 0 Å². The van der Waals surface area contributed by atoms with Gasteiger partial charge in [-0.25, -0.2) is 0 Å². The Morgan fingerprint density at radius 3 is 2.60 bits per heavy atom. The average Bonchev–Trinajstić information content (AvgIpc) is 3.11. The fourth-order valence-electron chi connectivity index (χ4n) is 2.67. The van der Waals surface area contributed by atoms with Gasteiger partial charge in [0.1, 0.15) is 17.3 Å². The van der Waals surface area contributed by atoms with Crippen molar-refractivity contribution in [3.63, 3.8) is 0 Å². The fourth-order valence-corrected chi connectivity index (χ4v) is 2.67. The Balaban J connectivity index is 1.62. The first kappa shape index (κ1) is 17.2. The van der Waals surface area contributed by atoms with Crippen LogP contribution in [0.15, 0.2) is 59.4 Å². The van der Waals surface area contributed by atoms with Crippen molar-refractivity contribution in [2.24, 2.45) is 0 Å². The Morgan fingerprint density at radius 2 is 1.92 bits per heavy atom. The second-order valence-corrected chi connectivity index (χ2v) is 6.16. The zero-order valence-corrected chi connectivity index (χ0v) is 14.8. The SMILES string of the molecule is COc1ccc(-c2ccc(CN(C)C(C)Cc3cnccn3)o2)cc1. The largest absolute Gasteiger partial charge is 0.497 e. The van der Waals surface area contributed by atoms with E-state index < -0.39 is 0 Å². The number of likely N-dealkylation sites (N-methyl/N-ethyl adjacent to an activating group) is 1. The summed E-state index contributed by atoms with van der Waals surface area (Å²) in [5.41, 5.74) is 2.04. The van der Waals surface area contributed by atoms with Crippen molar-refractivity contribution >= 4 is 0 Å². The first-order valence-electron chi connectivity index (χ1n) is 8.34. The number of nitrogens with zero attached hydrogens (tertiary/aromatic N) is 3. The molecule has 0 aliphatic carbocycles. The minimum absolute atomic E-state index is 0.339. The van der Waals surface area contributed by atoms with Crippen LogP contribution >= 0.6 is 0 Å². The van der Waals surface area contributed by atoms with Gasteiger partial charge < -0.3 is 9.15 Å². The van der Waals surface area contributed by atoms with Gasteiger partial charge in [0.05, 0.1) is 19.3 Å². The molecular formula is C20H23N3O2. The lowest BCUT2D eigenvalue weighted by Crippen LogP contribution is -2.30. The number of furan rings is 1. The summed E-state index contributed by atoms with van der Waals surface area (Å²) in [5, 5.41) is 0. The molecule has 5 nitrogen and oxygen atoms in total. The molecule has 0 bridgehead atoms. The van der Waals surface area contributed by atoms with E-state index in [0.29, 0.717) is 6.04 Å². The predicted molar refractivity (Wildman–Crippen MR) is 97.4 cm³/mol. The number of aromatic nitrogens is 2. The minimum atomic E-state index is 0.339. The molecular weight excluding hydrogens is 314 g/mol. The molecule has 5 heteroatoms. The molecule has 1 atom stereocenters. The molecule has 0 N–H and O–H groups in total. The van der Waals surface area contributed by atoms with E-state index in [-0.39, 0.29) is 0 Å². The van der Waals surface area contributed by atoms with Crippen molar-refractivity contribution < 1.29 is 9.15 Å². The van der Waals surface area contributed by atoms with Gasteiger partial charge in [-0.1, -0.05) is 0 Å². The molecule has 0 aliphatic rings. The van der Waals surface area contributed by atoms with Gasteiger partial charge in [-0.2, -0.15) is 0 Å². The van der Waals surface area contributed by atoms with Crippen LogP contribution in [0.2, 0.25) is 0 Å². The third-order valence-corrected chi connectivity index (χ3v) is 4.32. The summed E-state index contributed by atoms with van der Waals surface area (Å²) in [6.45, 7) is 2.93. The highest BCUT2D eigenvalue weighted by molar-refractivity contribution is 5.58. The molecule has 0 spiro atoms. The molecule has 3 rings (SSSR count). The highest BCUT2D eigenvalue weighted by Gasteiger charge is 2.14. The molecule has 25 heavy (non-hydrogen) atoms. The number of ether oxygens (including phenoxy) is 1. The van der Waals surface area contributed by atoms with Crippen LogP contribution < -0.4 is 4.74 Å². The normalized spacial score (nSPS) is 12.3. The zero-order chi connectivity index (χ0) is 17.6. The molecule has 3 aromatic rings. The Labute approximate surface area is 148 Å². The Morgan fingerprint density at radius 1 is 1.12 bits per heavy atom. The van der Waals surface area contributed by atoms with Crippen LogP contribution in [-0.4, -0.2) is 35.1 Å². The minimum Gasteiger partial charge on any atom is -0.497 e. The maximum absolute atomic E-state index is 6.00. The van der Waals surface area contributed by atoms with Gasteiger partial charge in [-0.05, 0) is 50.4 Å². The first-order chi connectivity index (χ1) is 12.2. The van der Waals surface area contributed by atoms with Gasteiger partial charge >= 0.3 is 0 Å². The maximum atomic E-state index is 6.00. The summed E-state index contributed by atoms with van der Waals surface area (Å²) in [6, 6.07) is 12.3. The molecule has 1 unspecified atom stereocenters. The number of rotatable bonds is 7. The molecule has 130 valence electrons. The topological polar surface area (TPSA) is 51.4 Å². The third kappa shape index (κ3) is 4.45. The van der Waals surface area contributed by atoms with E-state index in [0.717, 1.165) is 41.5 Å². The van der Waals surface area contributed by atoms with E-state index in [1.54, 1.807) is 19.5 Å².